The fraction of sp³-hybridized carbons (Fsp3) is 1.00. The van der Waals surface area contributed by atoms with E-state index in [9.17, 15) is 30.6 Å². The predicted octanol–water partition coefficient (Wildman–Crippen LogP) is -5.61. The summed E-state index contributed by atoms with van der Waals surface area (Å²) >= 11 is 0. The second-order valence-corrected chi connectivity index (χ2v) is 9.82. The molecule has 15 atom stereocenters. The van der Waals surface area contributed by atoms with Gasteiger partial charge in [-0.15, -0.1) is 0 Å². The van der Waals surface area contributed by atoms with Crippen molar-refractivity contribution in [1.29, 1.82) is 0 Å². The van der Waals surface area contributed by atoms with Crippen molar-refractivity contribution in [2.75, 3.05) is 13.7 Å². The first-order valence-corrected chi connectivity index (χ1v) is 11.4. The highest BCUT2D eigenvalue weighted by Crippen LogP contribution is 2.32. The van der Waals surface area contributed by atoms with E-state index in [0.717, 1.165) is 0 Å². The van der Waals surface area contributed by atoms with Gasteiger partial charge < -0.3 is 72.1 Å². The maximum Gasteiger partial charge on any atom is 0.185 e. The fourth-order valence-electron chi connectivity index (χ4n) is 4.95. The topological polar surface area (TPSA) is 248 Å². The van der Waals surface area contributed by atoms with Crippen LogP contribution in [0.25, 0.3) is 0 Å². The van der Waals surface area contributed by atoms with Gasteiger partial charge in [-0.2, -0.15) is 0 Å². The zero-order valence-corrected chi connectivity index (χ0v) is 19.5. The van der Waals surface area contributed by atoms with Crippen molar-refractivity contribution < 1.29 is 49.6 Å². The lowest BCUT2D eigenvalue weighted by Crippen LogP contribution is -2.69. The molecule has 0 amide bonds. The summed E-state index contributed by atoms with van der Waals surface area (Å²) in [6.07, 6.45) is -12.4. The Bertz CT molecular complexity index is 675. The van der Waals surface area contributed by atoms with Crippen molar-refractivity contribution in [2.24, 2.45) is 17.2 Å². The first-order valence-electron chi connectivity index (χ1n) is 11.4. The normalized spacial score (nSPS) is 53.5. The number of hydrogen-bond acceptors (Lipinski definition) is 14. The molecule has 0 aromatic carbocycles. The van der Waals surface area contributed by atoms with E-state index >= 15 is 0 Å². The first-order chi connectivity index (χ1) is 15.8. The molecule has 0 unspecified atom stereocenters. The zero-order chi connectivity index (χ0) is 25.5. The average molecular weight is 497 g/mol. The molecule has 0 spiro atoms. The number of aliphatic hydroxyl groups excluding tert-OH is 5. The van der Waals surface area contributed by atoms with Crippen LogP contribution in [0.15, 0.2) is 0 Å². The Kier molecular flexibility index (Phi) is 8.92. The average Bonchev–Trinajstić information content (AvgIpc) is 2.75. The number of hydrogen-bond donors (Lipinski definition) is 10. The lowest BCUT2D eigenvalue weighted by molar-refractivity contribution is -0.319. The summed E-state index contributed by atoms with van der Waals surface area (Å²) in [5, 5.41) is 65.2. The minimum atomic E-state index is -1.46. The molecule has 14 heteroatoms. The molecule has 3 aliphatic rings. The Morgan fingerprint density at radius 3 is 2.03 bits per heavy atom. The molecule has 0 bridgehead atoms. The third-order valence-electron chi connectivity index (χ3n) is 6.95. The second-order valence-electron chi connectivity index (χ2n) is 9.82. The quantitative estimate of drug-likeness (QED) is 0.165. The summed E-state index contributed by atoms with van der Waals surface area (Å²) in [6.45, 7) is 2.75. The van der Waals surface area contributed by atoms with Gasteiger partial charge in [0.15, 0.2) is 12.6 Å². The molecule has 1 aliphatic carbocycles. The van der Waals surface area contributed by atoms with Crippen LogP contribution in [0.2, 0.25) is 0 Å². The SMILES string of the molecule is CN[C@H]1[C@@H](O)[C@@H](O[C@@H]2[C@H](O)[C@H](O[C@@H]3O[C@H]([C@H](C)O)[C@H](O)[C@H](O)[C@@H]3N)[C@H](N)C[C@@H]2N)OC[C@]1(C)O. The fourth-order valence-corrected chi connectivity index (χ4v) is 4.95. The Balaban J connectivity index is 1.73. The molecule has 13 N–H and O–H groups in total. The number of aliphatic hydroxyl groups is 6. The largest absolute Gasteiger partial charge is 0.391 e. The molecule has 3 rings (SSSR count). The molecular formula is C20H40N4O10. The first kappa shape index (κ1) is 28.0. The van der Waals surface area contributed by atoms with E-state index in [1.807, 2.05) is 0 Å². The van der Waals surface area contributed by atoms with E-state index in [1.165, 1.54) is 13.8 Å². The van der Waals surface area contributed by atoms with Gasteiger partial charge in [0.1, 0.15) is 48.3 Å². The summed E-state index contributed by atoms with van der Waals surface area (Å²) < 4.78 is 22.8. The molecule has 0 aromatic rings. The van der Waals surface area contributed by atoms with Crippen molar-refractivity contribution in [1.82, 2.24) is 5.32 Å². The van der Waals surface area contributed by atoms with Crippen LogP contribution in [-0.4, -0.2) is 135 Å². The molecular weight excluding hydrogens is 456 g/mol. The third-order valence-corrected chi connectivity index (χ3v) is 6.95. The van der Waals surface area contributed by atoms with Gasteiger partial charge >= 0.3 is 0 Å². The molecule has 200 valence electrons. The Hall–Kier alpha value is -0.560. The van der Waals surface area contributed by atoms with Gasteiger partial charge in [0.2, 0.25) is 0 Å². The monoisotopic (exact) mass is 496 g/mol. The molecule has 14 nitrogen and oxygen atoms in total. The van der Waals surface area contributed by atoms with Crippen LogP contribution in [-0.2, 0) is 18.9 Å². The number of nitrogens with one attached hydrogen (secondary N) is 1. The van der Waals surface area contributed by atoms with Gasteiger partial charge in [0.05, 0.1) is 24.8 Å². The Morgan fingerprint density at radius 1 is 0.941 bits per heavy atom. The van der Waals surface area contributed by atoms with Crippen LogP contribution in [0.1, 0.15) is 20.3 Å². The highest BCUT2D eigenvalue weighted by molar-refractivity contribution is 5.02. The van der Waals surface area contributed by atoms with E-state index in [0.29, 0.717) is 0 Å². The maximum atomic E-state index is 11.1. The van der Waals surface area contributed by atoms with Crippen LogP contribution in [0.5, 0.6) is 0 Å². The summed E-state index contributed by atoms with van der Waals surface area (Å²) in [4.78, 5) is 0. The molecule has 2 saturated heterocycles. The van der Waals surface area contributed by atoms with E-state index in [1.54, 1.807) is 7.05 Å². The van der Waals surface area contributed by atoms with Gasteiger partial charge in [-0.25, -0.2) is 0 Å². The summed E-state index contributed by atoms with van der Waals surface area (Å²) in [5.74, 6) is 0. The van der Waals surface area contributed by atoms with Crippen molar-refractivity contribution in [3.63, 3.8) is 0 Å². The van der Waals surface area contributed by atoms with Crippen LogP contribution < -0.4 is 22.5 Å². The van der Waals surface area contributed by atoms with E-state index in [-0.39, 0.29) is 13.0 Å². The number of likely N-dealkylation sites (N-methyl/N-ethyl adjacent to an activating group) is 1. The highest BCUT2D eigenvalue weighted by Gasteiger charge is 2.52. The number of ether oxygens (including phenoxy) is 4. The van der Waals surface area contributed by atoms with Gasteiger partial charge in [-0.1, -0.05) is 0 Å². The van der Waals surface area contributed by atoms with Gasteiger partial charge in [0.25, 0.3) is 0 Å². The van der Waals surface area contributed by atoms with E-state index in [2.05, 4.69) is 5.32 Å². The Labute approximate surface area is 197 Å². The van der Waals surface area contributed by atoms with Crippen LogP contribution >= 0.6 is 0 Å². The van der Waals surface area contributed by atoms with Crippen LogP contribution in [0.3, 0.4) is 0 Å². The molecule has 2 heterocycles. The second kappa shape index (κ2) is 10.8. The smallest absolute Gasteiger partial charge is 0.185 e. The highest BCUT2D eigenvalue weighted by atomic mass is 16.7. The van der Waals surface area contributed by atoms with Crippen molar-refractivity contribution in [3.8, 4) is 0 Å². The molecule has 2 aliphatic heterocycles. The van der Waals surface area contributed by atoms with Crippen molar-refractivity contribution in [3.05, 3.63) is 0 Å². The van der Waals surface area contributed by atoms with Gasteiger partial charge in [-0.3, -0.25) is 0 Å². The number of rotatable bonds is 6. The minimum absolute atomic E-state index is 0.135. The zero-order valence-electron chi connectivity index (χ0n) is 19.5. The minimum Gasteiger partial charge on any atom is -0.391 e. The molecule has 1 saturated carbocycles. The van der Waals surface area contributed by atoms with Crippen molar-refractivity contribution >= 4 is 0 Å². The number of nitrogens with two attached hydrogens (primary N) is 3. The maximum absolute atomic E-state index is 11.1. The lowest BCUT2D eigenvalue weighted by atomic mass is 9.84. The summed E-state index contributed by atoms with van der Waals surface area (Å²) in [7, 11) is 1.58. The van der Waals surface area contributed by atoms with E-state index < -0.39 is 91.2 Å². The lowest BCUT2D eigenvalue weighted by Gasteiger charge is -2.49. The summed E-state index contributed by atoms with van der Waals surface area (Å²) in [5.41, 5.74) is 17.0. The molecule has 34 heavy (non-hydrogen) atoms. The van der Waals surface area contributed by atoms with Gasteiger partial charge in [0, 0.05) is 12.1 Å². The third kappa shape index (κ3) is 5.40. The van der Waals surface area contributed by atoms with Crippen LogP contribution in [0, 0.1) is 0 Å². The Morgan fingerprint density at radius 2 is 1.50 bits per heavy atom. The van der Waals surface area contributed by atoms with Crippen LogP contribution in [0.4, 0.5) is 0 Å². The predicted molar refractivity (Wildman–Crippen MR) is 116 cm³/mol. The van der Waals surface area contributed by atoms with E-state index in [4.69, 9.17) is 36.1 Å². The van der Waals surface area contributed by atoms with Gasteiger partial charge in [-0.05, 0) is 27.3 Å². The molecule has 3 fully saturated rings. The standard InChI is InChI=1S/C20H40N4O10/c1-6(25)14-11(27)10(26)9(23)18(32-14)33-15-7(21)4-8(22)16(12(15)28)34-19-13(29)17(24-3)20(2,30)5-31-19/h6-19,24-30H,4-5,21-23H2,1-3H3/t6-,7+,8-,9-,10+,11+,12+,13+,14+,15+,16-,17-,18-,19+,20-/m0/s1. The molecule has 0 radical (unpaired) electrons. The molecule has 0 aromatic heterocycles. The van der Waals surface area contributed by atoms with Crippen molar-refractivity contribution in [2.45, 2.75) is 111 Å². The summed E-state index contributed by atoms with van der Waals surface area (Å²) in [6, 6.07) is -3.47.